The van der Waals surface area contributed by atoms with E-state index in [0.29, 0.717) is 16.7 Å². The first-order valence-electron chi connectivity index (χ1n) is 4.37. The number of halogens is 3. The second-order valence-electron chi connectivity index (χ2n) is 2.94. The molecule has 0 aliphatic rings. The summed E-state index contributed by atoms with van der Waals surface area (Å²) in [6, 6.07) is 8.71. The van der Waals surface area contributed by atoms with E-state index in [1.165, 1.54) is 6.07 Å². The van der Waals surface area contributed by atoms with E-state index in [2.05, 4.69) is 15.3 Å². The van der Waals surface area contributed by atoms with Crippen molar-refractivity contribution in [2.45, 2.75) is 0 Å². The van der Waals surface area contributed by atoms with Gasteiger partial charge in [0, 0.05) is 6.07 Å². The highest BCUT2D eigenvalue weighted by molar-refractivity contribution is 6.34. The molecule has 82 valence electrons. The molecule has 2 aromatic rings. The lowest BCUT2D eigenvalue weighted by molar-refractivity contribution is 1.17. The average molecular weight is 275 g/mol. The van der Waals surface area contributed by atoms with Crippen molar-refractivity contribution in [1.82, 2.24) is 9.97 Å². The van der Waals surface area contributed by atoms with Gasteiger partial charge >= 0.3 is 0 Å². The first kappa shape index (κ1) is 11.5. The van der Waals surface area contributed by atoms with E-state index in [4.69, 9.17) is 34.8 Å². The van der Waals surface area contributed by atoms with Gasteiger partial charge in [-0.1, -0.05) is 46.9 Å². The fourth-order valence-electron chi connectivity index (χ4n) is 1.13. The van der Waals surface area contributed by atoms with Crippen LogP contribution < -0.4 is 5.32 Å². The normalized spacial score (nSPS) is 10.2. The number of benzene rings is 1. The summed E-state index contributed by atoms with van der Waals surface area (Å²) < 4.78 is 0. The van der Waals surface area contributed by atoms with E-state index in [1.54, 1.807) is 12.1 Å². The van der Waals surface area contributed by atoms with Crippen molar-refractivity contribution in [3.05, 3.63) is 45.7 Å². The molecule has 0 atom stereocenters. The van der Waals surface area contributed by atoms with Crippen molar-refractivity contribution < 1.29 is 0 Å². The van der Waals surface area contributed by atoms with E-state index < -0.39 is 0 Å². The molecule has 0 spiro atoms. The average Bonchev–Trinajstić information content (AvgIpc) is 2.20. The summed E-state index contributed by atoms with van der Waals surface area (Å²) in [6.07, 6.45) is 0. The van der Waals surface area contributed by atoms with Crippen molar-refractivity contribution in [2.24, 2.45) is 0 Å². The predicted octanol–water partition coefficient (Wildman–Crippen LogP) is 4.18. The molecular formula is C10H6Cl3N3. The minimum Gasteiger partial charge on any atom is -0.323 e. The molecule has 3 nitrogen and oxygen atoms in total. The molecule has 1 N–H and O–H groups in total. The molecule has 0 radical (unpaired) electrons. The molecule has 1 aromatic heterocycles. The second-order valence-corrected chi connectivity index (χ2v) is 4.12. The predicted molar refractivity (Wildman–Crippen MR) is 66.8 cm³/mol. The molecule has 0 saturated heterocycles. The van der Waals surface area contributed by atoms with Crippen molar-refractivity contribution in [2.75, 3.05) is 5.32 Å². The summed E-state index contributed by atoms with van der Waals surface area (Å²) in [5, 5.41) is 4.05. The number of rotatable bonds is 2. The van der Waals surface area contributed by atoms with Gasteiger partial charge in [0.1, 0.15) is 10.3 Å². The number of para-hydroxylation sites is 1. The molecule has 0 aliphatic heterocycles. The van der Waals surface area contributed by atoms with Crippen LogP contribution in [-0.2, 0) is 0 Å². The fourth-order valence-corrected chi connectivity index (χ4v) is 1.73. The lowest BCUT2D eigenvalue weighted by Gasteiger charge is -2.06. The van der Waals surface area contributed by atoms with Gasteiger partial charge in [-0.2, -0.15) is 0 Å². The number of hydrogen-bond acceptors (Lipinski definition) is 3. The molecule has 0 fully saturated rings. The Labute approximate surface area is 107 Å². The monoisotopic (exact) mass is 273 g/mol. The van der Waals surface area contributed by atoms with E-state index in [-0.39, 0.29) is 10.3 Å². The van der Waals surface area contributed by atoms with Gasteiger partial charge in [0.15, 0.2) is 0 Å². The highest BCUT2D eigenvalue weighted by Crippen LogP contribution is 2.24. The fraction of sp³-hybridized carbons (Fsp3) is 0. The van der Waals surface area contributed by atoms with Crippen LogP contribution in [0.15, 0.2) is 30.3 Å². The third-order valence-electron chi connectivity index (χ3n) is 1.78. The molecule has 1 aromatic carbocycles. The highest BCUT2D eigenvalue weighted by Gasteiger charge is 2.04. The summed E-state index contributed by atoms with van der Waals surface area (Å²) in [6.45, 7) is 0. The van der Waals surface area contributed by atoms with Gasteiger partial charge in [-0.25, -0.2) is 9.97 Å². The van der Waals surface area contributed by atoms with Crippen molar-refractivity contribution in [3.63, 3.8) is 0 Å². The van der Waals surface area contributed by atoms with Crippen LogP contribution in [0.3, 0.4) is 0 Å². The van der Waals surface area contributed by atoms with Crippen molar-refractivity contribution in [1.29, 1.82) is 0 Å². The molecule has 16 heavy (non-hydrogen) atoms. The molecule has 0 saturated carbocycles. The van der Waals surface area contributed by atoms with Gasteiger partial charge in [-0.3, -0.25) is 0 Å². The molecule has 0 bridgehead atoms. The van der Waals surface area contributed by atoms with Crippen LogP contribution in [0, 0.1) is 0 Å². The van der Waals surface area contributed by atoms with E-state index in [9.17, 15) is 0 Å². The zero-order valence-electron chi connectivity index (χ0n) is 7.92. The molecule has 2 rings (SSSR count). The molecule has 0 amide bonds. The molecule has 0 aliphatic carbocycles. The van der Waals surface area contributed by atoms with E-state index in [1.807, 2.05) is 12.1 Å². The van der Waals surface area contributed by atoms with E-state index >= 15 is 0 Å². The SMILES string of the molecule is Clc1cc(Cl)nc(Nc2ccccc2Cl)n1. The second kappa shape index (κ2) is 4.87. The summed E-state index contributed by atoms with van der Waals surface area (Å²) in [4.78, 5) is 7.94. The Balaban J connectivity index is 2.30. The summed E-state index contributed by atoms with van der Waals surface area (Å²) in [5.41, 5.74) is 0.697. The maximum Gasteiger partial charge on any atom is 0.230 e. The minimum absolute atomic E-state index is 0.273. The first-order chi connectivity index (χ1) is 7.65. The Morgan fingerprint density at radius 2 is 1.56 bits per heavy atom. The lowest BCUT2D eigenvalue weighted by atomic mass is 10.3. The van der Waals surface area contributed by atoms with Gasteiger partial charge < -0.3 is 5.32 Å². The summed E-state index contributed by atoms with van der Waals surface area (Å²) in [7, 11) is 0. The van der Waals surface area contributed by atoms with Crippen LogP contribution >= 0.6 is 34.8 Å². The van der Waals surface area contributed by atoms with Crippen LogP contribution in [0.4, 0.5) is 11.6 Å². The number of nitrogens with zero attached hydrogens (tertiary/aromatic N) is 2. The summed E-state index contributed by atoms with van der Waals surface area (Å²) >= 11 is 17.5. The minimum atomic E-state index is 0.273. The number of aromatic nitrogens is 2. The van der Waals surface area contributed by atoms with Gasteiger partial charge in [0.2, 0.25) is 5.95 Å². The largest absolute Gasteiger partial charge is 0.323 e. The molecule has 1 heterocycles. The lowest BCUT2D eigenvalue weighted by Crippen LogP contribution is -1.97. The Morgan fingerprint density at radius 1 is 0.938 bits per heavy atom. The highest BCUT2D eigenvalue weighted by atomic mass is 35.5. The van der Waals surface area contributed by atoms with Gasteiger partial charge in [0.05, 0.1) is 10.7 Å². The zero-order valence-corrected chi connectivity index (χ0v) is 10.2. The maximum absolute atomic E-state index is 5.97. The Morgan fingerprint density at radius 3 is 2.19 bits per heavy atom. The molecule has 6 heteroatoms. The van der Waals surface area contributed by atoms with Crippen LogP contribution in [-0.4, -0.2) is 9.97 Å². The third-order valence-corrected chi connectivity index (χ3v) is 2.50. The van der Waals surface area contributed by atoms with Crippen LogP contribution in [0.25, 0.3) is 0 Å². The number of hydrogen-bond donors (Lipinski definition) is 1. The van der Waals surface area contributed by atoms with Crippen molar-refractivity contribution >= 4 is 46.4 Å². The van der Waals surface area contributed by atoms with Gasteiger partial charge in [0.25, 0.3) is 0 Å². The Bertz CT molecular complexity index is 496. The van der Waals surface area contributed by atoms with Gasteiger partial charge in [-0.05, 0) is 12.1 Å². The smallest absolute Gasteiger partial charge is 0.230 e. The first-order valence-corrected chi connectivity index (χ1v) is 5.50. The van der Waals surface area contributed by atoms with Gasteiger partial charge in [-0.15, -0.1) is 0 Å². The zero-order chi connectivity index (χ0) is 11.5. The standard InChI is InChI=1S/C10H6Cl3N3/c11-6-3-1-2-4-7(6)14-10-15-8(12)5-9(13)16-10/h1-5H,(H,14,15,16). The number of anilines is 2. The van der Waals surface area contributed by atoms with Crippen LogP contribution in [0.5, 0.6) is 0 Å². The summed E-state index contributed by atoms with van der Waals surface area (Å²) in [5.74, 6) is 0.311. The Kier molecular flexibility index (Phi) is 3.49. The maximum atomic E-state index is 5.97. The Hall–Kier alpha value is -1.03. The topological polar surface area (TPSA) is 37.8 Å². The number of nitrogens with one attached hydrogen (secondary N) is 1. The van der Waals surface area contributed by atoms with E-state index in [0.717, 1.165) is 0 Å². The molecule has 0 unspecified atom stereocenters. The molecular weight excluding hydrogens is 268 g/mol. The van der Waals surface area contributed by atoms with Crippen molar-refractivity contribution in [3.8, 4) is 0 Å². The van der Waals surface area contributed by atoms with Crippen LogP contribution in [0.2, 0.25) is 15.3 Å². The van der Waals surface area contributed by atoms with Crippen LogP contribution in [0.1, 0.15) is 0 Å². The third kappa shape index (κ3) is 2.76. The quantitative estimate of drug-likeness (QED) is 0.835.